The molecule has 1 aromatic carbocycles. The largest absolute Gasteiger partial charge is 0.352 e. The minimum absolute atomic E-state index is 0.0395. The monoisotopic (exact) mass is 441 g/mol. The van der Waals surface area contributed by atoms with Crippen LogP contribution in [-0.4, -0.2) is 50.9 Å². The summed E-state index contributed by atoms with van der Waals surface area (Å²) in [5.41, 5.74) is 0.362. The summed E-state index contributed by atoms with van der Waals surface area (Å²) in [6.07, 6.45) is 5.48. The molecule has 6 nitrogen and oxygen atoms in total. The molecule has 2 saturated carbocycles. The zero-order chi connectivity index (χ0) is 18.3. The van der Waals surface area contributed by atoms with Gasteiger partial charge in [-0.05, 0) is 78.7 Å². The predicted molar refractivity (Wildman–Crippen MR) is 103 cm³/mol. The Kier molecular flexibility index (Phi) is 5.11. The maximum Gasteiger partial charge on any atom is 0.252 e. The van der Waals surface area contributed by atoms with Gasteiger partial charge in [0.25, 0.3) is 5.91 Å². The molecule has 2 N–H and O–H groups in total. The lowest BCUT2D eigenvalue weighted by atomic mass is 10.1. The van der Waals surface area contributed by atoms with Crippen molar-refractivity contribution in [1.29, 1.82) is 0 Å². The quantitative estimate of drug-likeness (QED) is 0.678. The molecule has 2 aliphatic carbocycles. The molecule has 142 valence electrons. The molecular weight excluding hydrogens is 418 g/mol. The third-order valence-electron chi connectivity index (χ3n) is 5.32. The molecule has 1 amide bonds. The van der Waals surface area contributed by atoms with Crippen LogP contribution in [0.15, 0.2) is 27.6 Å². The summed E-state index contributed by atoms with van der Waals surface area (Å²) in [5.74, 6) is 0.243. The topological polar surface area (TPSA) is 78.5 Å². The van der Waals surface area contributed by atoms with Gasteiger partial charge < -0.3 is 10.2 Å². The molecule has 0 unspecified atom stereocenters. The second kappa shape index (κ2) is 7.22. The number of halogens is 1. The Balaban J connectivity index is 1.39. The van der Waals surface area contributed by atoms with Crippen molar-refractivity contribution >= 4 is 31.9 Å². The van der Waals surface area contributed by atoms with Gasteiger partial charge in [-0.1, -0.05) is 0 Å². The maximum absolute atomic E-state index is 12.6. The second-order valence-electron chi connectivity index (χ2n) is 7.63. The van der Waals surface area contributed by atoms with E-state index in [-0.39, 0.29) is 16.8 Å². The zero-order valence-corrected chi connectivity index (χ0v) is 17.0. The van der Waals surface area contributed by atoms with Crippen molar-refractivity contribution in [3.63, 3.8) is 0 Å². The van der Waals surface area contributed by atoms with E-state index >= 15 is 0 Å². The van der Waals surface area contributed by atoms with Gasteiger partial charge in [0.2, 0.25) is 10.0 Å². The number of likely N-dealkylation sites (tertiary alicyclic amines) is 1. The van der Waals surface area contributed by atoms with E-state index in [2.05, 4.69) is 30.9 Å². The van der Waals surface area contributed by atoms with Gasteiger partial charge in [-0.3, -0.25) is 4.79 Å². The summed E-state index contributed by atoms with van der Waals surface area (Å²) in [4.78, 5) is 15.2. The van der Waals surface area contributed by atoms with Crippen LogP contribution in [0.5, 0.6) is 0 Å². The lowest BCUT2D eigenvalue weighted by Gasteiger charge is -2.15. The van der Waals surface area contributed by atoms with Crippen LogP contribution >= 0.6 is 15.9 Å². The average Bonchev–Trinajstić information content (AvgIpc) is 3.54. The van der Waals surface area contributed by atoms with E-state index in [9.17, 15) is 13.2 Å². The number of carbonyl (C=O) groups is 1. The molecule has 3 aliphatic rings. The minimum Gasteiger partial charge on any atom is -0.352 e. The number of hydrogen-bond acceptors (Lipinski definition) is 4. The number of rotatable bonds is 7. The highest BCUT2D eigenvalue weighted by Crippen LogP contribution is 2.31. The van der Waals surface area contributed by atoms with Crippen molar-refractivity contribution in [1.82, 2.24) is 14.9 Å². The van der Waals surface area contributed by atoms with Crippen molar-refractivity contribution in [2.24, 2.45) is 5.92 Å². The molecule has 4 rings (SSSR count). The summed E-state index contributed by atoms with van der Waals surface area (Å²) in [6, 6.07) is 5.41. The number of amides is 1. The minimum atomic E-state index is -3.57. The molecule has 3 fully saturated rings. The fraction of sp³-hybridized carbons (Fsp3) is 0.611. The highest BCUT2D eigenvalue weighted by atomic mass is 79.9. The fourth-order valence-electron chi connectivity index (χ4n) is 3.47. The van der Waals surface area contributed by atoms with Crippen LogP contribution in [0.1, 0.15) is 42.5 Å². The molecular formula is C18H24BrN3O3S. The Labute approximate surface area is 162 Å². The van der Waals surface area contributed by atoms with E-state index in [4.69, 9.17) is 0 Å². The summed E-state index contributed by atoms with van der Waals surface area (Å²) < 4.78 is 28.0. The van der Waals surface area contributed by atoms with Gasteiger partial charge >= 0.3 is 0 Å². The van der Waals surface area contributed by atoms with Gasteiger partial charge in [-0.25, -0.2) is 13.1 Å². The highest BCUT2D eigenvalue weighted by Gasteiger charge is 2.34. The molecule has 0 aromatic heterocycles. The molecule has 0 bridgehead atoms. The van der Waals surface area contributed by atoms with Gasteiger partial charge in [-0.2, -0.15) is 0 Å². The smallest absolute Gasteiger partial charge is 0.252 e. The number of sulfonamides is 1. The van der Waals surface area contributed by atoms with Crippen LogP contribution in [0, 0.1) is 5.92 Å². The van der Waals surface area contributed by atoms with Crippen LogP contribution in [0.2, 0.25) is 0 Å². The lowest BCUT2D eigenvalue weighted by molar-refractivity contribution is 0.0946. The normalized spacial score (nSPS) is 24.0. The Morgan fingerprint density at radius 1 is 1.19 bits per heavy atom. The van der Waals surface area contributed by atoms with E-state index in [1.165, 1.54) is 25.0 Å². The first-order chi connectivity index (χ1) is 12.4. The molecule has 1 heterocycles. The molecule has 0 radical (unpaired) electrons. The lowest BCUT2D eigenvalue weighted by Crippen LogP contribution is -2.32. The SMILES string of the molecule is O=C(NC[C@H]1CCN(C2CC2)C1)c1cc(S(=O)(=O)NC2CC2)ccc1Br. The number of nitrogens with one attached hydrogen (secondary N) is 2. The van der Waals surface area contributed by atoms with Gasteiger partial charge in [-0.15, -0.1) is 0 Å². The highest BCUT2D eigenvalue weighted by molar-refractivity contribution is 9.10. The van der Waals surface area contributed by atoms with E-state index in [0.717, 1.165) is 38.4 Å². The first-order valence-corrected chi connectivity index (χ1v) is 11.5. The fourth-order valence-corrected chi connectivity index (χ4v) is 5.22. The standard InChI is InChI=1S/C18H24BrN3O3S/c19-17-6-5-15(26(24,25)21-13-1-2-13)9-16(17)18(23)20-10-12-7-8-22(11-12)14-3-4-14/h5-6,9,12-14,21H,1-4,7-8,10-11H2,(H,20,23)/t12-/m1/s1. The molecule has 26 heavy (non-hydrogen) atoms. The summed E-state index contributed by atoms with van der Waals surface area (Å²) >= 11 is 3.37. The third kappa shape index (κ3) is 4.30. The number of hydrogen-bond donors (Lipinski definition) is 2. The number of benzene rings is 1. The summed E-state index contributed by atoms with van der Waals surface area (Å²) in [6.45, 7) is 2.80. The summed E-state index contributed by atoms with van der Waals surface area (Å²) in [5, 5.41) is 2.98. The zero-order valence-electron chi connectivity index (χ0n) is 14.6. The Morgan fingerprint density at radius 2 is 1.96 bits per heavy atom. The maximum atomic E-state index is 12.6. The molecule has 1 aromatic rings. The van der Waals surface area contributed by atoms with Gasteiger partial charge in [0.1, 0.15) is 0 Å². The van der Waals surface area contributed by atoms with Crippen LogP contribution in [0.25, 0.3) is 0 Å². The van der Waals surface area contributed by atoms with Crippen LogP contribution in [0.4, 0.5) is 0 Å². The van der Waals surface area contributed by atoms with Crippen molar-refractivity contribution in [3.8, 4) is 0 Å². The number of nitrogens with zero attached hydrogens (tertiary/aromatic N) is 1. The number of carbonyl (C=O) groups excluding carboxylic acids is 1. The van der Waals surface area contributed by atoms with Crippen molar-refractivity contribution < 1.29 is 13.2 Å². The molecule has 8 heteroatoms. The van der Waals surface area contributed by atoms with E-state index in [0.29, 0.717) is 22.5 Å². The molecule has 1 saturated heterocycles. The summed E-state index contributed by atoms with van der Waals surface area (Å²) in [7, 11) is -3.57. The first kappa shape index (κ1) is 18.4. The van der Waals surface area contributed by atoms with E-state index in [1.54, 1.807) is 6.07 Å². The van der Waals surface area contributed by atoms with Gasteiger partial charge in [0, 0.05) is 29.6 Å². The first-order valence-electron chi connectivity index (χ1n) is 9.26. The predicted octanol–water partition coefficient (Wildman–Crippen LogP) is 2.10. The molecule has 0 spiro atoms. The van der Waals surface area contributed by atoms with Crippen molar-refractivity contribution in [3.05, 3.63) is 28.2 Å². The van der Waals surface area contributed by atoms with E-state index < -0.39 is 10.0 Å². The average molecular weight is 442 g/mol. The Hall–Kier alpha value is -0.960. The van der Waals surface area contributed by atoms with Crippen LogP contribution in [0.3, 0.4) is 0 Å². The van der Waals surface area contributed by atoms with E-state index in [1.807, 2.05) is 0 Å². The Bertz CT molecular complexity index is 806. The van der Waals surface area contributed by atoms with Gasteiger partial charge in [0.15, 0.2) is 0 Å². The van der Waals surface area contributed by atoms with Crippen LogP contribution < -0.4 is 10.0 Å². The van der Waals surface area contributed by atoms with Crippen molar-refractivity contribution in [2.45, 2.75) is 49.1 Å². The Morgan fingerprint density at radius 3 is 2.65 bits per heavy atom. The third-order valence-corrected chi connectivity index (χ3v) is 7.53. The van der Waals surface area contributed by atoms with Crippen molar-refractivity contribution in [2.75, 3.05) is 19.6 Å². The second-order valence-corrected chi connectivity index (χ2v) is 10.2. The van der Waals surface area contributed by atoms with Crippen LogP contribution in [-0.2, 0) is 10.0 Å². The van der Waals surface area contributed by atoms with Gasteiger partial charge in [0.05, 0.1) is 10.5 Å². The molecule has 1 atom stereocenters. The molecule has 1 aliphatic heterocycles.